The van der Waals surface area contributed by atoms with Crippen LogP contribution in [0.3, 0.4) is 0 Å². The lowest BCUT2D eigenvalue weighted by Gasteiger charge is -2.11. The van der Waals surface area contributed by atoms with E-state index in [9.17, 15) is 5.26 Å². The van der Waals surface area contributed by atoms with E-state index in [-0.39, 0.29) is 0 Å². The molecule has 0 heterocycles. The van der Waals surface area contributed by atoms with Crippen LogP contribution < -0.4 is 4.90 Å². The lowest BCUT2D eigenvalue weighted by atomic mass is 10.1. The van der Waals surface area contributed by atoms with Gasteiger partial charge in [-0.05, 0) is 31.2 Å². The topological polar surface area (TPSA) is 39.4 Å². The third-order valence-corrected chi connectivity index (χ3v) is 3.04. The molecule has 0 saturated carbocycles. The van der Waals surface area contributed by atoms with Gasteiger partial charge in [0.1, 0.15) is 11.8 Å². The molecule has 2 aromatic rings. The molecule has 2 rings (SSSR count). The van der Waals surface area contributed by atoms with Gasteiger partial charge in [0.25, 0.3) is 0 Å². The Hall–Kier alpha value is -2.60. The maximum Gasteiger partial charge on any atom is 0.148 e. The molecular formula is C17H17N3. The third kappa shape index (κ3) is 3.24. The second kappa shape index (κ2) is 6.03. The Balaban J connectivity index is 2.31. The number of rotatable bonds is 3. The van der Waals surface area contributed by atoms with E-state index in [1.807, 2.05) is 74.4 Å². The van der Waals surface area contributed by atoms with Crippen LogP contribution >= 0.6 is 0 Å². The maximum atomic E-state index is 9.26. The first kappa shape index (κ1) is 13.8. The first-order valence-corrected chi connectivity index (χ1v) is 6.43. The van der Waals surface area contributed by atoms with Crippen LogP contribution in [0.2, 0.25) is 0 Å². The normalized spacial score (nSPS) is 11.0. The van der Waals surface area contributed by atoms with E-state index >= 15 is 0 Å². The Morgan fingerprint density at radius 1 is 1.00 bits per heavy atom. The Kier molecular flexibility index (Phi) is 4.17. The van der Waals surface area contributed by atoms with Crippen molar-refractivity contribution in [3.63, 3.8) is 0 Å². The minimum atomic E-state index is 0.433. The minimum absolute atomic E-state index is 0.433. The molecule has 0 aliphatic rings. The highest BCUT2D eigenvalue weighted by molar-refractivity contribution is 6.12. The van der Waals surface area contributed by atoms with Gasteiger partial charge in [0.2, 0.25) is 0 Å². The van der Waals surface area contributed by atoms with E-state index < -0.39 is 0 Å². The molecule has 0 unspecified atom stereocenters. The second-order valence-electron chi connectivity index (χ2n) is 4.85. The molecule has 0 spiro atoms. The average Bonchev–Trinajstić information content (AvgIpc) is 2.46. The zero-order valence-electron chi connectivity index (χ0n) is 12.0. The summed E-state index contributed by atoms with van der Waals surface area (Å²) in [7, 11) is 3.98. The van der Waals surface area contributed by atoms with Crippen molar-refractivity contribution in [3.05, 3.63) is 59.7 Å². The van der Waals surface area contributed by atoms with Gasteiger partial charge in [0, 0.05) is 25.3 Å². The molecule has 0 saturated heterocycles. The van der Waals surface area contributed by atoms with Crippen LogP contribution in [-0.2, 0) is 0 Å². The van der Waals surface area contributed by atoms with Gasteiger partial charge >= 0.3 is 0 Å². The van der Waals surface area contributed by atoms with Crippen molar-refractivity contribution < 1.29 is 0 Å². The highest BCUT2D eigenvalue weighted by atomic mass is 15.1. The highest BCUT2D eigenvalue weighted by Gasteiger charge is 2.03. The molecule has 0 radical (unpaired) electrons. The Morgan fingerprint density at radius 3 is 2.10 bits per heavy atom. The van der Waals surface area contributed by atoms with Crippen LogP contribution in [0.1, 0.15) is 11.1 Å². The number of hydrogen-bond acceptors (Lipinski definition) is 3. The van der Waals surface area contributed by atoms with E-state index in [2.05, 4.69) is 11.1 Å². The van der Waals surface area contributed by atoms with Crippen molar-refractivity contribution in [1.82, 2.24) is 0 Å². The molecule has 20 heavy (non-hydrogen) atoms. The summed E-state index contributed by atoms with van der Waals surface area (Å²) in [6.07, 6.45) is 0. The van der Waals surface area contributed by atoms with Crippen molar-refractivity contribution in [2.75, 3.05) is 19.0 Å². The summed E-state index contributed by atoms with van der Waals surface area (Å²) in [6.45, 7) is 2.02. The summed E-state index contributed by atoms with van der Waals surface area (Å²) in [5, 5.41) is 9.26. The van der Waals surface area contributed by atoms with Gasteiger partial charge in [0.05, 0.1) is 5.69 Å². The number of aliphatic imine (C=N–C) groups is 1. The number of nitrogens with zero attached hydrogens (tertiary/aromatic N) is 3. The molecule has 0 aliphatic carbocycles. The second-order valence-corrected chi connectivity index (χ2v) is 4.85. The van der Waals surface area contributed by atoms with E-state index in [1.54, 1.807) is 0 Å². The molecule has 0 aromatic heterocycles. The molecule has 3 nitrogen and oxygen atoms in total. The van der Waals surface area contributed by atoms with Crippen molar-refractivity contribution in [2.45, 2.75) is 6.92 Å². The number of anilines is 1. The lowest BCUT2D eigenvalue weighted by Crippen LogP contribution is -2.07. The quantitative estimate of drug-likeness (QED) is 0.792. The first-order chi connectivity index (χ1) is 9.60. The summed E-state index contributed by atoms with van der Waals surface area (Å²) in [5.41, 5.74) is 4.34. The summed E-state index contributed by atoms with van der Waals surface area (Å²) in [6, 6.07) is 17.8. The van der Waals surface area contributed by atoms with Crippen molar-refractivity contribution in [2.24, 2.45) is 4.99 Å². The fraction of sp³-hybridized carbons (Fsp3) is 0.176. The monoisotopic (exact) mass is 263 g/mol. The van der Waals surface area contributed by atoms with Gasteiger partial charge in [-0.3, -0.25) is 0 Å². The van der Waals surface area contributed by atoms with Crippen LogP contribution in [0.15, 0.2) is 53.5 Å². The van der Waals surface area contributed by atoms with Crippen molar-refractivity contribution >= 4 is 17.1 Å². The van der Waals surface area contributed by atoms with E-state index in [0.717, 1.165) is 16.9 Å². The van der Waals surface area contributed by atoms with Gasteiger partial charge in [-0.15, -0.1) is 0 Å². The molecule has 0 atom stereocenters. The summed E-state index contributed by atoms with van der Waals surface area (Å²) >= 11 is 0. The van der Waals surface area contributed by atoms with Gasteiger partial charge in [-0.2, -0.15) is 5.26 Å². The molecule has 0 bridgehead atoms. The van der Waals surface area contributed by atoms with Crippen LogP contribution in [0.4, 0.5) is 11.4 Å². The summed E-state index contributed by atoms with van der Waals surface area (Å²) in [5.74, 6) is 0. The predicted molar refractivity (Wildman–Crippen MR) is 83.8 cm³/mol. The summed E-state index contributed by atoms with van der Waals surface area (Å²) in [4.78, 5) is 6.44. The third-order valence-electron chi connectivity index (χ3n) is 3.04. The minimum Gasteiger partial charge on any atom is -0.378 e. The zero-order valence-corrected chi connectivity index (χ0v) is 12.0. The van der Waals surface area contributed by atoms with Crippen LogP contribution in [0, 0.1) is 18.3 Å². The molecule has 3 heteroatoms. The highest BCUT2D eigenvalue weighted by Crippen LogP contribution is 2.19. The largest absolute Gasteiger partial charge is 0.378 e. The molecule has 0 N–H and O–H groups in total. The van der Waals surface area contributed by atoms with Crippen molar-refractivity contribution in [3.8, 4) is 6.07 Å². The number of benzene rings is 2. The molecule has 0 fully saturated rings. The fourth-order valence-corrected chi connectivity index (χ4v) is 1.82. The predicted octanol–water partition coefficient (Wildman–Crippen LogP) is 3.71. The van der Waals surface area contributed by atoms with Gasteiger partial charge in [-0.25, -0.2) is 4.99 Å². The summed E-state index contributed by atoms with van der Waals surface area (Å²) < 4.78 is 0. The standard InChI is InChI=1S/C17H17N3/c1-13-4-6-14(7-5-13)17(12-18)19-15-8-10-16(11-9-15)20(2)3/h4-11H,1-3H3. The Bertz CT molecular complexity index is 644. The van der Waals surface area contributed by atoms with Crippen LogP contribution in [0.25, 0.3) is 0 Å². The van der Waals surface area contributed by atoms with Crippen molar-refractivity contribution in [1.29, 1.82) is 5.26 Å². The molecule has 0 amide bonds. The van der Waals surface area contributed by atoms with Gasteiger partial charge < -0.3 is 4.90 Å². The number of nitriles is 1. The Labute approximate surface area is 119 Å². The zero-order chi connectivity index (χ0) is 14.5. The van der Waals surface area contributed by atoms with E-state index in [1.165, 1.54) is 5.56 Å². The average molecular weight is 263 g/mol. The fourth-order valence-electron chi connectivity index (χ4n) is 1.82. The molecule has 100 valence electrons. The number of aryl methyl sites for hydroxylation is 1. The molecular weight excluding hydrogens is 246 g/mol. The smallest absolute Gasteiger partial charge is 0.148 e. The van der Waals surface area contributed by atoms with Gasteiger partial charge in [-0.1, -0.05) is 29.8 Å². The first-order valence-electron chi connectivity index (χ1n) is 6.43. The Morgan fingerprint density at radius 2 is 1.60 bits per heavy atom. The van der Waals surface area contributed by atoms with Crippen LogP contribution in [0.5, 0.6) is 0 Å². The van der Waals surface area contributed by atoms with E-state index in [4.69, 9.17) is 0 Å². The lowest BCUT2D eigenvalue weighted by molar-refractivity contribution is 1.13. The molecule has 0 aliphatic heterocycles. The SMILES string of the molecule is Cc1ccc(C(C#N)=Nc2ccc(N(C)C)cc2)cc1. The maximum absolute atomic E-state index is 9.26. The van der Waals surface area contributed by atoms with Gasteiger partial charge in [0.15, 0.2) is 0 Å². The van der Waals surface area contributed by atoms with E-state index in [0.29, 0.717) is 5.71 Å². The van der Waals surface area contributed by atoms with Crippen LogP contribution in [-0.4, -0.2) is 19.8 Å². The molecule has 2 aromatic carbocycles. The number of hydrogen-bond donors (Lipinski definition) is 0.